The third-order valence-corrected chi connectivity index (χ3v) is 6.18. The highest BCUT2D eigenvalue weighted by molar-refractivity contribution is 7.88. The van der Waals surface area contributed by atoms with E-state index in [-0.39, 0.29) is 30.7 Å². The van der Waals surface area contributed by atoms with Crippen molar-refractivity contribution in [1.82, 2.24) is 19.8 Å². The summed E-state index contributed by atoms with van der Waals surface area (Å²) < 4.78 is 67.9. The fourth-order valence-corrected chi connectivity index (χ4v) is 4.83. The molecule has 174 valence electrons. The van der Waals surface area contributed by atoms with Crippen molar-refractivity contribution in [2.75, 3.05) is 20.4 Å². The van der Waals surface area contributed by atoms with Crippen molar-refractivity contribution < 1.29 is 31.2 Å². The maximum absolute atomic E-state index is 14.8. The molecule has 1 fully saturated rings. The molecule has 1 aromatic carbocycles. The molecule has 1 N–H and O–H groups in total. The Morgan fingerprint density at radius 1 is 1.28 bits per heavy atom. The Morgan fingerprint density at radius 2 is 1.94 bits per heavy atom. The van der Waals surface area contributed by atoms with Gasteiger partial charge < -0.3 is 0 Å². The van der Waals surface area contributed by atoms with Gasteiger partial charge in [-0.25, -0.2) is 41.3 Å². The number of aromatic nitrogens is 2. The van der Waals surface area contributed by atoms with Crippen molar-refractivity contribution in [1.29, 1.82) is 0 Å². The Hall–Kier alpha value is -2.57. The van der Waals surface area contributed by atoms with E-state index in [9.17, 15) is 26.4 Å². The van der Waals surface area contributed by atoms with Crippen LogP contribution in [0.1, 0.15) is 18.4 Å². The average molecular weight is 472 g/mol. The molecule has 0 radical (unpaired) electrons. The van der Waals surface area contributed by atoms with Crippen LogP contribution in [0.4, 0.5) is 13.2 Å². The van der Waals surface area contributed by atoms with Crippen molar-refractivity contribution in [3.05, 3.63) is 47.8 Å². The van der Waals surface area contributed by atoms with Gasteiger partial charge >= 0.3 is 0 Å². The molecule has 3 rings (SSSR count). The fraction of sp³-hybridized carbons (Fsp3) is 0.450. The number of hydrogen-bond donors (Lipinski definition) is 1. The molecule has 0 aliphatic heterocycles. The van der Waals surface area contributed by atoms with Gasteiger partial charge in [0.2, 0.25) is 10.0 Å². The first-order chi connectivity index (χ1) is 14.9. The summed E-state index contributed by atoms with van der Waals surface area (Å²) in [5.74, 6) is -1.92. The van der Waals surface area contributed by atoms with E-state index in [1.54, 1.807) is 0 Å². The van der Waals surface area contributed by atoms with Crippen LogP contribution in [-0.4, -0.2) is 62.0 Å². The molecule has 1 aromatic heterocycles. The van der Waals surface area contributed by atoms with Crippen LogP contribution in [0, 0.1) is 17.0 Å². The lowest BCUT2D eigenvalue weighted by Crippen LogP contribution is -2.43. The molecule has 0 spiro atoms. The number of carbonyl (C=O) groups excluding carboxylic acids is 1. The normalized spacial score (nSPS) is 23.3. The Kier molecular flexibility index (Phi) is 6.86. The van der Waals surface area contributed by atoms with E-state index in [1.807, 2.05) is 0 Å². The van der Waals surface area contributed by atoms with Gasteiger partial charge in [-0.3, -0.25) is 9.63 Å². The molecule has 32 heavy (non-hydrogen) atoms. The van der Waals surface area contributed by atoms with Crippen LogP contribution in [0.25, 0.3) is 11.4 Å². The van der Waals surface area contributed by atoms with E-state index in [4.69, 9.17) is 4.84 Å². The SMILES string of the molecule is CON(C)C(=O)[C@@]1(Cc2ccc(F)c(-c3ncc(F)cn3)c2)C[C@@H](F)[C@H](NS(C)(=O)=O)C1. The van der Waals surface area contributed by atoms with Gasteiger partial charge in [0.15, 0.2) is 11.6 Å². The summed E-state index contributed by atoms with van der Waals surface area (Å²) in [6, 6.07) is 2.91. The lowest BCUT2D eigenvalue weighted by molar-refractivity contribution is -0.180. The Balaban J connectivity index is 1.98. The molecule has 1 heterocycles. The zero-order valence-corrected chi connectivity index (χ0v) is 18.5. The molecule has 1 aliphatic carbocycles. The van der Waals surface area contributed by atoms with Gasteiger partial charge in [0.1, 0.15) is 12.0 Å². The molecule has 2 aromatic rings. The van der Waals surface area contributed by atoms with E-state index in [2.05, 4.69) is 14.7 Å². The predicted molar refractivity (Wildman–Crippen MR) is 109 cm³/mol. The zero-order valence-electron chi connectivity index (χ0n) is 17.7. The van der Waals surface area contributed by atoms with Crippen LogP contribution >= 0.6 is 0 Å². The zero-order chi connectivity index (χ0) is 23.7. The first-order valence-corrected chi connectivity index (χ1v) is 11.5. The summed E-state index contributed by atoms with van der Waals surface area (Å²) in [5, 5.41) is 0.961. The number of alkyl halides is 1. The summed E-state index contributed by atoms with van der Waals surface area (Å²) in [5.41, 5.74) is -0.879. The summed E-state index contributed by atoms with van der Waals surface area (Å²) in [7, 11) is -1.06. The van der Waals surface area contributed by atoms with E-state index < -0.39 is 45.2 Å². The average Bonchev–Trinajstić information content (AvgIpc) is 3.03. The highest BCUT2D eigenvalue weighted by Gasteiger charge is 2.52. The lowest BCUT2D eigenvalue weighted by Gasteiger charge is -2.31. The van der Waals surface area contributed by atoms with Gasteiger partial charge in [0.05, 0.1) is 42.8 Å². The standard InChI is InChI=1S/C20H23F3N4O4S/c1-27(31-2)19(28)20(8-16(23)17(9-20)26-32(3,29)30)7-12-4-5-15(22)14(6-12)18-24-10-13(21)11-25-18/h4-6,10-11,16-17,26H,7-9H2,1-3H3/t16-,17-,20+/m1/s1. The van der Waals surface area contributed by atoms with Crippen molar-refractivity contribution in [3.8, 4) is 11.4 Å². The second kappa shape index (κ2) is 9.12. The minimum absolute atomic E-state index is 0.00852. The number of nitrogens with one attached hydrogen (secondary N) is 1. The van der Waals surface area contributed by atoms with Crippen LogP contribution in [-0.2, 0) is 26.1 Å². The molecule has 3 atom stereocenters. The van der Waals surface area contributed by atoms with E-state index in [1.165, 1.54) is 26.3 Å². The van der Waals surface area contributed by atoms with E-state index >= 15 is 0 Å². The van der Waals surface area contributed by atoms with Crippen LogP contribution in [0.2, 0.25) is 0 Å². The summed E-state index contributed by atoms with van der Waals surface area (Å²) >= 11 is 0. The summed E-state index contributed by atoms with van der Waals surface area (Å²) in [4.78, 5) is 25.7. The minimum Gasteiger partial charge on any atom is -0.275 e. The van der Waals surface area contributed by atoms with Gasteiger partial charge in [0, 0.05) is 7.05 Å². The largest absolute Gasteiger partial charge is 0.275 e. The van der Waals surface area contributed by atoms with E-state index in [0.717, 1.165) is 29.8 Å². The Bertz CT molecular complexity index is 1100. The minimum atomic E-state index is -3.71. The Labute approximate surface area is 183 Å². The monoisotopic (exact) mass is 472 g/mol. The summed E-state index contributed by atoms with van der Waals surface area (Å²) in [6.07, 6.45) is 0.714. The van der Waals surface area contributed by atoms with Crippen molar-refractivity contribution in [2.24, 2.45) is 5.41 Å². The number of halogens is 3. The molecule has 8 nitrogen and oxygen atoms in total. The van der Waals surface area contributed by atoms with E-state index in [0.29, 0.717) is 5.56 Å². The predicted octanol–water partition coefficient (Wildman–Crippen LogP) is 2.02. The third-order valence-electron chi connectivity index (χ3n) is 5.45. The van der Waals surface area contributed by atoms with Gasteiger partial charge in [-0.1, -0.05) is 6.07 Å². The number of amides is 1. The topological polar surface area (TPSA) is 101 Å². The first-order valence-electron chi connectivity index (χ1n) is 9.64. The van der Waals surface area contributed by atoms with Gasteiger partial charge in [-0.05, 0) is 37.0 Å². The second-order valence-corrected chi connectivity index (χ2v) is 9.68. The van der Waals surface area contributed by atoms with Crippen LogP contribution in [0.5, 0.6) is 0 Å². The molecule has 0 saturated heterocycles. The second-order valence-electron chi connectivity index (χ2n) is 7.90. The number of rotatable bonds is 7. The highest BCUT2D eigenvalue weighted by Crippen LogP contribution is 2.44. The molecule has 12 heteroatoms. The Morgan fingerprint density at radius 3 is 2.53 bits per heavy atom. The maximum Gasteiger partial charge on any atom is 0.252 e. The van der Waals surface area contributed by atoms with Crippen LogP contribution in [0.3, 0.4) is 0 Å². The smallest absolute Gasteiger partial charge is 0.252 e. The first kappa shape index (κ1) is 24.1. The number of hydroxylamine groups is 2. The fourth-order valence-electron chi connectivity index (χ4n) is 4.05. The number of carbonyl (C=O) groups is 1. The van der Waals surface area contributed by atoms with Crippen LogP contribution < -0.4 is 4.72 Å². The molecule has 0 unspecified atom stereocenters. The number of hydrogen-bond acceptors (Lipinski definition) is 6. The number of sulfonamides is 1. The molecule has 1 aliphatic rings. The number of benzene rings is 1. The van der Waals surface area contributed by atoms with Crippen molar-refractivity contribution >= 4 is 15.9 Å². The molecule has 0 bridgehead atoms. The van der Waals surface area contributed by atoms with Gasteiger partial charge in [-0.2, -0.15) is 0 Å². The van der Waals surface area contributed by atoms with Crippen molar-refractivity contribution in [2.45, 2.75) is 31.5 Å². The maximum atomic E-state index is 14.8. The summed E-state index contributed by atoms with van der Waals surface area (Å²) in [6.45, 7) is 0. The third kappa shape index (κ3) is 5.25. The van der Waals surface area contributed by atoms with Gasteiger partial charge in [0.25, 0.3) is 5.91 Å². The van der Waals surface area contributed by atoms with Gasteiger partial charge in [-0.15, -0.1) is 0 Å². The molecular formula is C20H23F3N4O4S. The van der Waals surface area contributed by atoms with Crippen LogP contribution in [0.15, 0.2) is 30.6 Å². The lowest BCUT2D eigenvalue weighted by atomic mass is 9.78. The van der Waals surface area contributed by atoms with Crippen molar-refractivity contribution in [3.63, 3.8) is 0 Å². The molecule has 1 saturated carbocycles. The highest BCUT2D eigenvalue weighted by atomic mass is 32.2. The quantitative estimate of drug-likeness (QED) is 0.619. The molecular weight excluding hydrogens is 449 g/mol. The number of nitrogens with zero attached hydrogens (tertiary/aromatic N) is 3. The molecule has 1 amide bonds.